The van der Waals surface area contributed by atoms with Crippen molar-refractivity contribution in [3.8, 4) is 16.9 Å². The number of fused-ring (bicyclic) bond motifs is 1. The average molecular weight is 410 g/mol. The van der Waals surface area contributed by atoms with Crippen molar-refractivity contribution in [3.05, 3.63) is 51.7 Å². The van der Waals surface area contributed by atoms with E-state index in [0.717, 1.165) is 26.0 Å². The number of hydrogen-bond donors (Lipinski definition) is 0. The zero-order valence-corrected chi connectivity index (χ0v) is 14.8. The van der Waals surface area contributed by atoms with Crippen LogP contribution in [0.2, 0.25) is 0 Å². The summed E-state index contributed by atoms with van der Waals surface area (Å²) in [6.07, 6.45) is 3.77. The highest BCUT2D eigenvalue weighted by Crippen LogP contribution is 2.29. The van der Waals surface area contributed by atoms with Crippen molar-refractivity contribution in [2.45, 2.75) is 26.9 Å². The van der Waals surface area contributed by atoms with Gasteiger partial charge in [-0.1, -0.05) is 6.07 Å². The van der Waals surface area contributed by atoms with Gasteiger partial charge in [0.15, 0.2) is 11.6 Å². The number of nitrogens with zero attached hydrogens (tertiary/aromatic N) is 2. The van der Waals surface area contributed by atoms with Crippen molar-refractivity contribution in [3.63, 3.8) is 0 Å². The van der Waals surface area contributed by atoms with Crippen LogP contribution in [0.5, 0.6) is 5.75 Å². The second-order valence-electron chi connectivity index (χ2n) is 5.49. The first kappa shape index (κ1) is 15.3. The van der Waals surface area contributed by atoms with Gasteiger partial charge in [0.25, 0.3) is 0 Å². The smallest absolute Gasteiger partial charge is 0.165 e. The maximum absolute atomic E-state index is 14.2. The molecule has 22 heavy (non-hydrogen) atoms. The van der Waals surface area contributed by atoms with Gasteiger partial charge >= 0.3 is 0 Å². The van der Waals surface area contributed by atoms with E-state index in [2.05, 4.69) is 27.6 Å². The molecule has 0 bridgehead atoms. The van der Waals surface area contributed by atoms with E-state index >= 15 is 0 Å². The number of hydrogen-bond acceptors (Lipinski definition) is 2. The Hall–Kier alpha value is -1.63. The molecule has 0 N–H and O–H groups in total. The molecule has 0 aliphatic carbocycles. The van der Waals surface area contributed by atoms with Crippen molar-refractivity contribution in [1.29, 1.82) is 0 Å². The first-order chi connectivity index (χ1) is 10.5. The van der Waals surface area contributed by atoms with Gasteiger partial charge in [-0.05, 0) is 72.7 Å². The molecule has 3 rings (SSSR count). The molecule has 3 aromatic rings. The fourth-order valence-corrected chi connectivity index (χ4v) is 2.94. The number of rotatable bonds is 3. The van der Waals surface area contributed by atoms with Gasteiger partial charge in [-0.3, -0.25) is 4.40 Å². The molecule has 5 heteroatoms. The number of ether oxygens (including phenoxy) is 1. The molecule has 0 spiro atoms. The van der Waals surface area contributed by atoms with Crippen LogP contribution in [-0.2, 0) is 0 Å². The summed E-state index contributed by atoms with van der Waals surface area (Å²) in [4.78, 5) is 4.34. The first-order valence-electron chi connectivity index (χ1n) is 7.05. The first-order valence-corrected chi connectivity index (χ1v) is 8.13. The second kappa shape index (κ2) is 5.87. The zero-order valence-electron chi connectivity index (χ0n) is 12.6. The van der Waals surface area contributed by atoms with Crippen molar-refractivity contribution >= 4 is 28.2 Å². The van der Waals surface area contributed by atoms with E-state index in [9.17, 15) is 4.39 Å². The summed E-state index contributed by atoms with van der Waals surface area (Å²) in [5.74, 6) is -0.0549. The van der Waals surface area contributed by atoms with E-state index in [1.165, 1.54) is 6.07 Å². The van der Waals surface area contributed by atoms with Crippen LogP contribution in [0.3, 0.4) is 0 Å². The average Bonchev–Trinajstić information content (AvgIpc) is 2.80. The van der Waals surface area contributed by atoms with Crippen LogP contribution in [0.4, 0.5) is 4.39 Å². The number of aryl methyl sites for hydroxylation is 1. The van der Waals surface area contributed by atoms with Gasteiger partial charge in [0.2, 0.25) is 0 Å². The molecule has 0 aliphatic heterocycles. The summed E-state index contributed by atoms with van der Waals surface area (Å²) < 4.78 is 22.7. The highest BCUT2D eigenvalue weighted by molar-refractivity contribution is 14.1. The van der Waals surface area contributed by atoms with E-state index in [-0.39, 0.29) is 17.7 Å². The van der Waals surface area contributed by atoms with Gasteiger partial charge in [0, 0.05) is 11.8 Å². The van der Waals surface area contributed by atoms with Gasteiger partial charge in [-0.2, -0.15) is 0 Å². The fraction of sp³-hybridized carbons (Fsp3) is 0.235. The molecule has 2 heterocycles. The van der Waals surface area contributed by atoms with E-state index in [1.54, 1.807) is 6.07 Å². The van der Waals surface area contributed by atoms with Gasteiger partial charge in [-0.15, -0.1) is 0 Å². The predicted octanol–water partition coefficient (Wildman–Crippen LogP) is 4.84. The second-order valence-corrected chi connectivity index (χ2v) is 6.60. The molecule has 0 unspecified atom stereocenters. The molecule has 0 atom stereocenters. The maximum Gasteiger partial charge on any atom is 0.165 e. The van der Waals surface area contributed by atoms with Gasteiger partial charge in [0.05, 0.1) is 12.3 Å². The zero-order chi connectivity index (χ0) is 15.9. The van der Waals surface area contributed by atoms with Crippen molar-refractivity contribution in [1.82, 2.24) is 9.38 Å². The minimum atomic E-state index is -0.342. The fourth-order valence-electron chi connectivity index (χ4n) is 2.41. The van der Waals surface area contributed by atoms with Crippen LogP contribution < -0.4 is 4.74 Å². The Morgan fingerprint density at radius 2 is 2.05 bits per heavy atom. The number of pyridine rings is 1. The highest BCUT2D eigenvalue weighted by atomic mass is 127. The Bertz CT molecular complexity index is 842. The quantitative estimate of drug-likeness (QED) is 0.578. The van der Waals surface area contributed by atoms with Crippen LogP contribution in [-0.4, -0.2) is 15.5 Å². The van der Waals surface area contributed by atoms with Crippen LogP contribution in [0.25, 0.3) is 16.8 Å². The van der Waals surface area contributed by atoms with E-state index in [0.29, 0.717) is 0 Å². The highest BCUT2D eigenvalue weighted by Gasteiger charge is 2.11. The minimum absolute atomic E-state index is 0.0500. The van der Waals surface area contributed by atoms with Crippen molar-refractivity contribution < 1.29 is 9.13 Å². The molecule has 0 radical (unpaired) electrons. The number of halogens is 2. The van der Waals surface area contributed by atoms with E-state index in [1.807, 2.05) is 49.7 Å². The Labute approximate surface area is 142 Å². The summed E-state index contributed by atoms with van der Waals surface area (Å²) in [5, 5.41) is 0. The predicted molar refractivity (Wildman–Crippen MR) is 93.8 cm³/mol. The Morgan fingerprint density at radius 3 is 2.73 bits per heavy atom. The lowest BCUT2D eigenvalue weighted by atomic mass is 10.0. The lowest BCUT2D eigenvalue weighted by Crippen LogP contribution is -2.06. The molecule has 0 fully saturated rings. The van der Waals surface area contributed by atoms with Gasteiger partial charge in [-0.25, -0.2) is 9.37 Å². The molecule has 114 valence electrons. The third-order valence-corrected chi connectivity index (χ3v) is 4.21. The van der Waals surface area contributed by atoms with Crippen molar-refractivity contribution in [2.24, 2.45) is 0 Å². The lowest BCUT2D eigenvalue weighted by molar-refractivity contribution is 0.231. The third kappa shape index (κ3) is 2.82. The van der Waals surface area contributed by atoms with Crippen LogP contribution >= 0.6 is 22.6 Å². The molecule has 3 nitrogen and oxygen atoms in total. The van der Waals surface area contributed by atoms with Gasteiger partial charge < -0.3 is 4.74 Å². The standard InChI is InChI=1S/C17H16FIN2O/c1-10(2)22-15-5-4-12(7-14(15)18)13-9-21-16(19)8-20-17(21)6-11(13)3/h4-10H,1-3H3. The number of imidazole rings is 1. The Kier molecular flexibility index (Phi) is 4.08. The van der Waals surface area contributed by atoms with Crippen LogP contribution in [0.15, 0.2) is 36.7 Å². The monoisotopic (exact) mass is 410 g/mol. The maximum atomic E-state index is 14.2. The minimum Gasteiger partial charge on any atom is -0.488 e. The summed E-state index contributed by atoms with van der Waals surface area (Å²) in [7, 11) is 0. The summed E-state index contributed by atoms with van der Waals surface area (Å²) in [6.45, 7) is 5.77. The topological polar surface area (TPSA) is 26.5 Å². The van der Waals surface area contributed by atoms with Crippen molar-refractivity contribution in [2.75, 3.05) is 0 Å². The third-order valence-electron chi connectivity index (χ3n) is 3.41. The summed E-state index contributed by atoms with van der Waals surface area (Å²) in [5.41, 5.74) is 3.77. The Balaban J connectivity index is 2.09. The molecule has 2 aromatic heterocycles. The SMILES string of the molecule is Cc1cc2ncc(I)n2cc1-c1ccc(OC(C)C)c(F)c1. The molecule has 0 saturated carbocycles. The number of benzene rings is 1. The Morgan fingerprint density at radius 1 is 1.27 bits per heavy atom. The van der Waals surface area contributed by atoms with Gasteiger partial charge in [0.1, 0.15) is 9.35 Å². The van der Waals surface area contributed by atoms with E-state index in [4.69, 9.17) is 4.74 Å². The summed E-state index contributed by atoms with van der Waals surface area (Å²) in [6, 6.07) is 7.11. The molecule has 0 amide bonds. The normalized spacial score (nSPS) is 11.4. The van der Waals surface area contributed by atoms with Crippen LogP contribution in [0.1, 0.15) is 19.4 Å². The largest absolute Gasteiger partial charge is 0.488 e. The molecule has 0 aliphatic rings. The molecule has 1 aromatic carbocycles. The lowest BCUT2D eigenvalue weighted by Gasteiger charge is -2.13. The molecular formula is C17H16FIN2O. The molecule has 0 saturated heterocycles. The molecular weight excluding hydrogens is 394 g/mol. The van der Waals surface area contributed by atoms with E-state index < -0.39 is 0 Å². The number of aromatic nitrogens is 2. The van der Waals surface area contributed by atoms with Crippen LogP contribution in [0, 0.1) is 16.4 Å². The summed E-state index contributed by atoms with van der Waals surface area (Å²) >= 11 is 2.23.